The maximum atomic E-state index is 4.75. The van der Waals surface area contributed by atoms with E-state index in [1.54, 1.807) is 6.20 Å². The lowest BCUT2D eigenvalue weighted by atomic mass is 9.88. The van der Waals surface area contributed by atoms with Gasteiger partial charge in [0.2, 0.25) is 0 Å². The second kappa shape index (κ2) is 3.18. The molecule has 80 valence electrons. The molecule has 2 aromatic rings. The molecule has 0 aliphatic carbocycles. The molecule has 2 aromatic heterocycles. The summed E-state index contributed by atoms with van der Waals surface area (Å²) in [5, 5.41) is 11.6. The van der Waals surface area contributed by atoms with Crippen molar-refractivity contribution in [2.24, 2.45) is 7.05 Å². The van der Waals surface area contributed by atoms with Crippen LogP contribution in [0.15, 0.2) is 17.0 Å². The molecule has 0 N–H and O–H groups in total. The first-order valence-electron chi connectivity index (χ1n) is 4.80. The molecular weight excluding hydrogens is 192 g/mol. The van der Waals surface area contributed by atoms with E-state index in [2.05, 4.69) is 36.2 Å². The summed E-state index contributed by atoms with van der Waals surface area (Å²) in [7, 11) is 1.93. The molecule has 0 aliphatic rings. The molecule has 0 spiro atoms. The van der Waals surface area contributed by atoms with Crippen LogP contribution in [0, 0.1) is 0 Å². The van der Waals surface area contributed by atoms with Crippen LogP contribution in [0.4, 0.5) is 0 Å². The summed E-state index contributed by atoms with van der Waals surface area (Å²) in [5.41, 5.74) is 2.84. The van der Waals surface area contributed by atoms with Crippen LogP contribution < -0.4 is 0 Å². The third-order valence-electron chi connectivity index (χ3n) is 2.29. The second-order valence-corrected chi connectivity index (χ2v) is 4.57. The predicted octanol–water partition coefficient (Wildman–Crippen LogP) is 1.77. The summed E-state index contributed by atoms with van der Waals surface area (Å²) in [6, 6.07) is 0. The highest BCUT2D eigenvalue weighted by Gasteiger charge is 2.24. The molecule has 2 heterocycles. The Bertz CT molecular complexity index is 450. The van der Waals surface area contributed by atoms with Gasteiger partial charge in [-0.05, 0) is 0 Å². The van der Waals surface area contributed by atoms with E-state index in [4.69, 9.17) is 4.52 Å². The zero-order chi connectivity index (χ0) is 11.1. The number of nitrogens with zero attached hydrogens (tertiary/aromatic N) is 4. The quantitative estimate of drug-likeness (QED) is 0.713. The van der Waals surface area contributed by atoms with Crippen LogP contribution in [0.3, 0.4) is 0 Å². The fraction of sp³-hybridized carbons (Fsp3) is 0.500. The average Bonchev–Trinajstić information content (AvgIpc) is 2.68. The summed E-state index contributed by atoms with van der Waals surface area (Å²) in [5.74, 6) is 0. The topological polar surface area (TPSA) is 56.7 Å². The fourth-order valence-corrected chi connectivity index (χ4v) is 1.80. The first-order valence-corrected chi connectivity index (χ1v) is 4.80. The molecule has 0 saturated carbocycles. The van der Waals surface area contributed by atoms with Crippen molar-refractivity contribution in [3.63, 3.8) is 0 Å². The van der Waals surface area contributed by atoms with E-state index in [9.17, 15) is 0 Å². The Morgan fingerprint density at radius 1 is 1.33 bits per heavy atom. The molecule has 0 aliphatic heterocycles. The van der Waals surface area contributed by atoms with Gasteiger partial charge in [-0.1, -0.05) is 20.8 Å². The van der Waals surface area contributed by atoms with Gasteiger partial charge < -0.3 is 4.52 Å². The lowest BCUT2D eigenvalue weighted by Gasteiger charge is -2.20. The van der Waals surface area contributed by atoms with Gasteiger partial charge in [-0.2, -0.15) is 5.10 Å². The van der Waals surface area contributed by atoms with Crippen LogP contribution in [0.5, 0.6) is 0 Å². The molecule has 5 nitrogen and oxygen atoms in total. The predicted molar refractivity (Wildman–Crippen MR) is 55.2 cm³/mol. The normalized spacial score (nSPS) is 12.0. The lowest BCUT2D eigenvalue weighted by Crippen LogP contribution is -2.17. The first-order chi connectivity index (χ1) is 7.00. The van der Waals surface area contributed by atoms with Gasteiger partial charge in [-0.3, -0.25) is 4.68 Å². The van der Waals surface area contributed by atoms with Crippen LogP contribution in [0.25, 0.3) is 11.3 Å². The molecule has 0 saturated heterocycles. The van der Waals surface area contributed by atoms with Crippen molar-refractivity contribution in [2.75, 3.05) is 0 Å². The molecule has 0 atom stereocenters. The number of hydrogen-bond acceptors (Lipinski definition) is 4. The van der Waals surface area contributed by atoms with E-state index in [1.165, 1.54) is 6.26 Å². The smallest absolute Gasteiger partial charge is 0.152 e. The molecule has 15 heavy (non-hydrogen) atoms. The summed E-state index contributed by atoms with van der Waals surface area (Å²) in [6.45, 7) is 6.42. The molecule has 0 aromatic carbocycles. The van der Waals surface area contributed by atoms with Gasteiger partial charge in [-0.15, -0.1) is 5.10 Å². The Balaban J connectivity index is 2.59. The van der Waals surface area contributed by atoms with Crippen LogP contribution in [-0.4, -0.2) is 20.2 Å². The maximum Gasteiger partial charge on any atom is 0.152 e. The Morgan fingerprint density at radius 2 is 2.07 bits per heavy atom. The highest BCUT2D eigenvalue weighted by Crippen LogP contribution is 2.31. The molecule has 0 unspecified atom stereocenters. The Hall–Kier alpha value is -1.65. The van der Waals surface area contributed by atoms with Crippen molar-refractivity contribution >= 4 is 0 Å². The third kappa shape index (κ3) is 1.65. The standard InChI is InChI=1S/C10H14N4O/c1-10(2,3)9-7(5-11-14(9)4)8-6-15-13-12-8/h5-6H,1-4H3. The summed E-state index contributed by atoms with van der Waals surface area (Å²) in [4.78, 5) is 0. The van der Waals surface area contributed by atoms with Crippen molar-refractivity contribution in [2.45, 2.75) is 26.2 Å². The number of aryl methyl sites for hydroxylation is 1. The van der Waals surface area contributed by atoms with Gasteiger partial charge in [0.05, 0.1) is 11.9 Å². The Kier molecular flexibility index (Phi) is 2.10. The van der Waals surface area contributed by atoms with E-state index < -0.39 is 0 Å². The maximum absolute atomic E-state index is 4.75. The van der Waals surface area contributed by atoms with Gasteiger partial charge in [-0.25, -0.2) is 0 Å². The van der Waals surface area contributed by atoms with Crippen molar-refractivity contribution in [1.29, 1.82) is 0 Å². The van der Waals surface area contributed by atoms with Gasteiger partial charge in [0, 0.05) is 23.3 Å². The minimum Gasteiger partial charge on any atom is -0.345 e. The van der Waals surface area contributed by atoms with Crippen molar-refractivity contribution < 1.29 is 4.52 Å². The highest BCUT2D eigenvalue weighted by atomic mass is 16.5. The number of aromatic nitrogens is 4. The monoisotopic (exact) mass is 206 g/mol. The Labute approximate surface area is 88.1 Å². The zero-order valence-corrected chi connectivity index (χ0v) is 9.35. The molecule has 0 bridgehead atoms. The van der Waals surface area contributed by atoms with Gasteiger partial charge >= 0.3 is 0 Å². The minimum absolute atomic E-state index is 0.0134. The molecule has 0 amide bonds. The Morgan fingerprint density at radius 3 is 2.60 bits per heavy atom. The van der Waals surface area contributed by atoms with Gasteiger partial charge in [0.15, 0.2) is 6.26 Å². The summed E-state index contributed by atoms with van der Waals surface area (Å²) in [6.07, 6.45) is 3.33. The van der Waals surface area contributed by atoms with Gasteiger partial charge in [0.1, 0.15) is 5.69 Å². The second-order valence-electron chi connectivity index (χ2n) is 4.57. The van der Waals surface area contributed by atoms with E-state index in [0.29, 0.717) is 0 Å². The van der Waals surface area contributed by atoms with Crippen LogP contribution in [0.2, 0.25) is 0 Å². The van der Waals surface area contributed by atoms with Crippen molar-refractivity contribution in [3.8, 4) is 11.3 Å². The highest BCUT2D eigenvalue weighted by molar-refractivity contribution is 5.61. The number of rotatable bonds is 1. The molecular formula is C10H14N4O. The summed E-state index contributed by atoms with van der Waals surface area (Å²) < 4.78 is 6.61. The molecule has 0 radical (unpaired) electrons. The SMILES string of the molecule is Cn1ncc(-c2conn2)c1C(C)(C)C. The van der Waals surface area contributed by atoms with E-state index in [0.717, 1.165) is 17.0 Å². The fourth-order valence-electron chi connectivity index (χ4n) is 1.80. The van der Waals surface area contributed by atoms with E-state index >= 15 is 0 Å². The molecule has 2 rings (SSSR count). The zero-order valence-electron chi connectivity index (χ0n) is 9.35. The largest absolute Gasteiger partial charge is 0.345 e. The average molecular weight is 206 g/mol. The van der Waals surface area contributed by atoms with E-state index in [-0.39, 0.29) is 5.41 Å². The van der Waals surface area contributed by atoms with Crippen LogP contribution in [-0.2, 0) is 12.5 Å². The number of hydrogen-bond donors (Lipinski definition) is 0. The lowest BCUT2D eigenvalue weighted by molar-refractivity contribution is 0.393. The van der Waals surface area contributed by atoms with Crippen molar-refractivity contribution in [1.82, 2.24) is 20.2 Å². The van der Waals surface area contributed by atoms with E-state index in [1.807, 2.05) is 11.7 Å². The van der Waals surface area contributed by atoms with Gasteiger partial charge in [0.25, 0.3) is 0 Å². The molecule has 5 heteroatoms. The third-order valence-corrected chi connectivity index (χ3v) is 2.29. The van der Waals surface area contributed by atoms with Crippen LogP contribution >= 0.6 is 0 Å². The van der Waals surface area contributed by atoms with Crippen molar-refractivity contribution in [3.05, 3.63) is 18.2 Å². The summed E-state index contributed by atoms with van der Waals surface area (Å²) >= 11 is 0. The minimum atomic E-state index is 0.0134. The van der Waals surface area contributed by atoms with Crippen LogP contribution in [0.1, 0.15) is 26.5 Å². The first kappa shape index (κ1) is 9.89. The molecule has 0 fully saturated rings.